The fraction of sp³-hybridized carbons (Fsp3) is 0.304. The third kappa shape index (κ3) is 3.65. The number of carbonyl (C=O) groups is 1. The Morgan fingerprint density at radius 3 is 2.82 bits per heavy atom. The van der Waals surface area contributed by atoms with Crippen molar-refractivity contribution in [2.45, 2.75) is 32.2 Å². The van der Waals surface area contributed by atoms with E-state index in [0.717, 1.165) is 35.4 Å². The summed E-state index contributed by atoms with van der Waals surface area (Å²) in [6.07, 6.45) is 4.05. The SMILES string of the molecule is CCc1ccc2c(c1)[C@@H](NC(=O)c1cnn(C)c1Cc1ccccc1)CCO2. The Balaban J connectivity index is 1.57. The lowest BCUT2D eigenvalue weighted by Gasteiger charge is -2.27. The van der Waals surface area contributed by atoms with Gasteiger partial charge in [0.05, 0.1) is 30.1 Å². The maximum Gasteiger partial charge on any atom is 0.255 e. The number of amides is 1. The summed E-state index contributed by atoms with van der Waals surface area (Å²) in [4.78, 5) is 13.1. The lowest BCUT2D eigenvalue weighted by molar-refractivity contribution is 0.0924. The lowest BCUT2D eigenvalue weighted by atomic mass is 9.97. The van der Waals surface area contributed by atoms with E-state index < -0.39 is 0 Å². The topological polar surface area (TPSA) is 56.2 Å². The fourth-order valence-electron chi connectivity index (χ4n) is 3.70. The molecule has 0 unspecified atom stereocenters. The molecule has 2 heterocycles. The minimum atomic E-state index is -0.0845. The molecule has 1 aromatic heterocycles. The minimum Gasteiger partial charge on any atom is -0.493 e. The first kappa shape index (κ1) is 18.3. The first-order valence-corrected chi connectivity index (χ1v) is 9.77. The van der Waals surface area contributed by atoms with Crippen LogP contribution in [-0.4, -0.2) is 22.3 Å². The molecule has 0 saturated carbocycles. The number of nitrogens with zero attached hydrogens (tertiary/aromatic N) is 2. The van der Waals surface area contributed by atoms with Gasteiger partial charge in [0.25, 0.3) is 5.91 Å². The molecule has 0 radical (unpaired) electrons. The molecule has 3 aromatic rings. The van der Waals surface area contributed by atoms with E-state index in [9.17, 15) is 4.79 Å². The van der Waals surface area contributed by atoms with E-state index in [0.29, 0.717) is 18.6 Å². The van der Waals surface area contributed by atoms with E-state index in [2.05, 4.69) is 41.6 Å². The van der Waals surface area contributed by atoms with Gasteiger partial charge in [-0.3, -0.25) is 9.48 Å². The van der Waals surface area contributed by atoms with Crippen LogP contribution in [0.4, 0.5) is 0 Å². The van der Waals surface area contributed by atoms with E-state index in [-0.39, 0.29) is 11.9 Å². The predicted octanol–water partition coefficient (Wildman–Crippen LogP) is 3.83. The Morgan fingerprint density at radius 2 is 2.04 bits per heavy atom. The summed E-state index contributed by atoms with van der Waals surface area (Å²) in [6, 6.07) is 16.3. The molecule has 1 N–H and O–H groups in total. The van der Waals surface area contributed by atoms with Crippen molar-refractivity contribution in [2.75, 3.05) is 6.61 Å². The Hall–Kier alpha value is -3.08. The van der Waals surface area contributed by atoms with Crippen molar-refractivity contribution in [3.8, 4) is 5.75 Å². The molecule has 5 nitrogen and oxygen atoms in total. The zero-order chi connectivity index (χ0) is 19.5. The number of aromatic nitrogens is 2. The van der Waals surface area contributed by atoms with Gasteiger partial charge in [0.2, 0.25) is 0 Å². The third-order valence-corrected chi connectivity index (χ3v) is 5.35. The number of ether oxygens (including phenoxy) is 1. The smallest absolute Gasteiger partial charge is 0.255 e. The number of benzene rings is 2. The standard InChI is InChI=1S/C23H25N3O2/c1-3-16-9-10-22-18(13-16)20(11-12-28-22)25-23(27)19-15-24-26(2)21(19)14-17-7-5-4-6-8-17/h4-10,13,15,20H,3,11-12,14H2,1-2H3,(H,25,27)/t20-/m0/s1. The number of nitrogens with one attached hydrogen (secondary N) is 1. The first-order chi connectivity index (χ1) is 13.7. The highest BCUT2D eigenvalue weighted by Crippen LogP contribution is 2.33. The van der Waals surface area contributed by atoms with Crippen LogP contribution in [0.5, 0.6) is 5.75 Å². The van der Waals surface area contributed by atoms with Crippen molar-refractivity contribution in [1.29, 1.82) is 0 Å². The van der Waals surface area contributed by atoms with Gasteiger partial charge in [-0.15, -0.1) is 0 Å². The van der Waals surface area contributed by atoms with Gasteiger partial charge < -0.3 is 10.1 Å². The van der Waals surface area contributed by atoms with Crippen LogP contribution in [0, 0.1) is 0 Å². The van der Waals surface area contributed by atoms with Crippen LogP contribution in [-0.2, 0) is 19.9 Å². The second-order valence-corrected chi connectivity index (χ2v) is 7.18. The number of carbonyl (C=O) groups excluding carboxylic acids is 1. The molecule has 0 aliphatic carbocycles. The lowest BCUT2D eigenvalue weighted by Crippen LogP contribution is -2.32. The molecule has 0 spiro atoms. The van der Waals surface area contributed by atoms with Gasteiger partial charge in [0.15, 0.2) is 0 Å². The molecule has 0 saturated heterocycles. The van der Waals surface area contributed by atoms with Crippen molar-refractivity contribution in [1.82, 2.24) is 15.1 Å². The second-order valence-electron chi connectivity index (χ2n) is 7.18. The summed E-state index contributed by atoms with van der Waals surface area (Å²) in [5, 5.41) is 7.54. The number of aryl methyl sites for hydroxylation is 2. The van der Waals surface area contributed by atoms with Crippen LogP contribution in [0.2, 0.25) is 0 Å². The maximum atomic E-state index is 13.1. The molecule has 4 rings (SSSR count). The van der Waals surface area contributed by atoms with Crippen LogP contribution in [0.15, 0.2) is 54.7 Å². The summed E-state index contributed by atoms with van der Waals surface area (Å²) in [5.74, 6) is 0.781. The van der Waals surface area contributed by atoms with Gasteiger partial charge >= 0.3 is 0 Å². The van der Waals surface area contributed by atoms with E-state index >= 15 is 0 Å². The van der Waals surface area contributed by atoms with E-state index in [4.69, 9.17) is 4.74 Å². The van der Waals surface area contributed by atoms with Crippen LogP contribution in [0.3, 0.4) is 0 Å². The molecule has 144 valence electrons. The Bertz CT molecular complexity index is 979. The average Bonchev–Trinajstić information content (AvgIpc) is 3.09. The largest absolute Gasteiger partial charge is 0.493 e. The number of hydrogen-bond donors (Lipinski definition) is 1. The molecule has 28 heavy (non-hydrogen) atoms. The molecule has 0 fully saturated rings. The van der Waals surface area contributed by atoms with E-state index in [1.165, 1.54) is 5.56 Å². The van der Waals surface area contributed by atoms with Gasteiger partial charge in [0, 0.05) is 25.5 Å². The number of hydrogen-bond acceptors (Lipinski definition) is 3. The zero-order valence-corrected chi connectivity index (χ0v) is 16.3. The van der Waals surface area contributed by atoms with Gasteiger partial charge in [0.1, 0.15) is 5.75 Å². The number of rotatable bonds is 5. The molecule has 1 aliphatic heterocycles. The van der Waals surface area contributed by atoms with Crippen molar-refractivity contribution in [3.05, 3.63) is 82.7 Å². The Morgan fingerprint density at radius 1 is 1.21 bits per heavy atom. The van der Waals surface area contributed by atoms with E-state index in [1.54, 1.807) is 10.9 Å². The van der Waals surface area contributed by atoms with Crippen LogP contribution in [0.25, 0.3) is 0 Å². The van der Waals surface area contributed by atoms with Crippen molar-refractivity contribution in [2.24, 2.45) is 7.05 Å². The van der Waals surface area contributed by atoms with Crippen LogP contribution in [0.1, 0.15) is 52.1 Å². The monoisotopic (exact) mass is 375 g/mol. The Kier molecular flexibility index (Phi) is 5.15. The van der Waals surface area contributed by atoms with Crippen LogP contribution < -0.4 is 10.1 Å². The molecule has 1 amide bonds. The average molecular weight is 375 g/mol. The van der Waals surface area contributed by atoms with Gasteiger partial charge in [-0.1, -0.05) is 49.4 Å². The first-order valence-electron chi connectivity index (χ1n) is 9.77. The molecular weight excluding hydrogens is 350 g/mol. The molecule has 2 aromatic carbocycles. The summed E-state index contributed by atoms with van der Waals surface area (Å²) in [5.41, 5.74) is 5.01. The maximum absolute atomic E-state index is 13.1. The number of fused-ring (bicyclic) bond motifs is 1. The molecule has 0 bridgehead atoms. The van der Waals surface area contributed by atoms with Gasteiger partial charge in [-0.05, 0) is 23.6 Å². The summed E-state index contributed by atoms with van der Waals surface area (Å²) < 4.78 is 7.57. The normalized spacial score (nSPS) is 15.6. The highest BCUT2D eigenvalue weighted by atomic mass is 16.5. The molecule has 1 aliphatic rings. The molecule has 1 atom stereocenters. The second kappa shape index (κ2) is 7.89. The van der Waals surface area contributed by atoms with Crippen molar-refractivity contribution in [3.63, 3.8) is 0 Å². The van der Waals surface area contributed by atoms with Gasteiger partial charge in [-0.2, -0.15) is 5.10 Å². The minimum absolute atomic E-state index is 0.0486. The summed E-state index contributed by atoms with van der Waals surface area (Å²) >= 11 is 0. The highest BCUT2D eigenvalue weighted by Gasteiger charge is 2.25. The highest BCUT2D eigenvalue weighted by molar-refractivity contribution is 5.95. The Labute approximate surface area is 165 Å². The summed E-state index contributed by atoms with van der Waals surface area (Å²) in [6.45, 7) is 2.73. The molecular formula is C23H25N3O2. The fourth-order valence-corrected chi connectivity index (χ4v) is 3.70. The molecule has 5 heteroatoms. The summed E-state index contributed by atoms with van der Waals surface area (Å²) in [7, 11) is 1.88. The third-order valence-electron chi connectivity index (χ3n) is 5.35. The van der Waals surface area contributed by atoms with Crippen molar-refractivity contribution < 1.29 is 9.53 Å². The van der Waals surface area contributed by atoms with Gasteiger partial charge in [-0.25, -0.2) is 0 Å². The zero-order valence-electron chi connectivity index (χ0n) is 16.3. The predicted molar refractivity (Wildman–Crippen MR) is 109 cm³/mol. The van der Waals surface area contributed by atoms with E-state index in [1.807, 2.05) is 31.3 Å². The van der Waals surface area contributed by atoms with Crippen LogP contribution >= 0.6 is 0 Å². The van der Waals surface area contributed by atoms with Crippen molar-refractivity contribution >= 4 is 5.91 Å². The quantitative estimate of drug-likeness (QED) is 0.737.